The summed E-state index contributed by atoms with van der Waals surface area (Å²) in [6, 6.07) is 9.58. The average Bonchev–Trinajstić information content (AvgIpc) is 2.49. The normalized spacial score (nSPS) is 10.9. The molecule has 0 aliphatic heterocycles. The van der Waals surface area contributed by atoms with Crippen LogP contribution in [0.15, 0.2) is 36.5 Å². The third-order valence-corrected chi connectivity index (χ3v) is 3.60. The van der Waals surface area contributed by atoms with Crippen LogP contribution < -0.4 is 0 Å². The number of carboxylic acid groups (broad SMARTS) is 1. The van der Waals surface area contributed by atoms with Crippen molar-refractivity contribution in [3.8, 4) is 0 Å². The van der Waals surface area contributed by atoms with E-state index in [0.29, 0.717) is 12.8 Å². The van der Waals surface area contributed by atoms with Gasteiger partial charge in [0, 0.05) is 24.0 Å². The van der Waals surface area contributed by atoms with Gasteiger partial charge in [0.1, 0.15) is 6.54 Å². The molecule has 0 bridgehead atoms. The van der Waals surface area contributed by atoms with E-state index in [0.717, 1.165) is 16.5 Å². The number of para-hydroxylation sites is 1. The van der Waals surface area contributed by atoms with Crippen LogP contribution in [0.5, 0.6) is 0 Å². The summed E-state index contributed by atoms with van der Waals surface area (Å²) in [6.07, 6.45) is 2.60. The molecule has 5 heteroatoms. The van der Waals surface area contributed by atoms with Crippen LogP contribution in [-0.2, 0) is 16.0 Å². The maximum Gasteiger partial charge on any atom is 0.323 e. The van der Waals surface area contributed by atoms with E-state index in [1.54, 1.807) is 6.20 Å². The number of amides is 1. The summed E-state index contributed by atoms with van der Waals surface area (Å²) in [4.78, 5) is 28.8. The van der Waals surface area contributed by atoms with Gasteiger partial charge < -0.3 is 10.0 Å². The van der Waals surface area contributed by atoms with Crippen molar-refractivity contribution in [3.63, 3.8) is 0 Å². The lowest BCUT2D eigenvalue weighted by Gasteiger charge is -2.25. The molecule has 1 N–H and O–H groups in total. The van der Waals surface area contributed by atoms with E-state index in [1.807, 2.05) is 44.2 Å². The van der Waals surface area contributed by atoms with Gasteiger partial charge in [0.15, 0.2) is 0 Å². The van der Waals surface area contributed by atoms with Gasteiger partial charge in [-0.15, -0.1) is 0 Å². The predicted molar refractivity (Wildman–Crippen MR) is 84.5 cm³/mol. The first-order chi connectivity index (χ1) is 10.5. The zero-order valence-electron chi connectivity index (χ0n) is 12.8. The number of aromatic nitrogens is 1. The molecule has 0 unspecified atom stereocenters. The molecule has 0 spiro atoms. The first kappa shape index (κ1) is 15.9. The van der Waals surface area contributed by atoms with E-state index in [1.165, 1.54) is 4.90 Å². The number of fused-ring (bicyclic) bond motifs is 1. The number of benzene rings is 1. The zero-order valence-corrected chi connectivity index (χ0v) is 12.8. The summed E-state index contributed by atoms with van der Waals surface area (Å²) < 4.78 is 0. The Hall–Kier alpha value is -2.43. The van der Waals surface area contributed by atoms with E-state index < -0.39 is 5.97 Å². The summed E-state index contributed by atoms with van der Waals surface area (Å²) in [5, 5.41) is 9.94. The summed E-state index contributed by atoms with van der Waals surface area (Å²) in [6.45, 7) is 3.39. The second-order valence-electron chi connectivity index (χ2n) is 5.50. The Labute approximate surface area is 129 Å². The van der Waals surface area contributed by atoms with Crippen molar-refractivity contribution in [3.05, 3.63) is 42.1 Å². The smallest absolute Gasteiger partial charge is 0.323 e. The Morgan fingerprint density at radius 2 is 1.95 bits per heavy atom. The minimum absolute atomic E-state index is 0.127. The third kappa shape index (κ3) is 3.81. The molecule has 1 aromatic heterocycles. The highest BCUT2D eigenvalue weighted by Gasteiger charge is 2.19. The number of pyridine rings is 1. The van der Waals surface area contributed by atoms with E-state index in [2.05, 4.69) is 4.98 Å². The van der Waals surface area contributed by atoms with Crippen molar-refractivity contribution >= 4 is 22.8 Å². The Balaban J connectivity index is 2.10. The van der Waals surface area contributed by atoms with Gasteiger partial charge in [0.25, 0.3) is 0 Å². The van der Waals surface area contributed by atoms with Crippen molar-refractivity contribution in [2.24, 2.45) is 0 Å². The molecule has 1 aromatic carbocycles. The highest BCUT2D eigenvalue weighted by molar-refractivity contribution is 5.84. The predicted octanol–water partition coefficient (Wildman–Crippen LogP) is 2.49. The maximum atomic E-state index is 12.3. The van der Waals surface area contributed by atoms with Gasteiger partial charge in [0.2, 0.25) is 5.91 Å². The lowest BCUT2D eigenvalue weighted by Crippen LogP contribution is -2.40. The number of nitrogens with zero attached hydrogens (tertiary/aromatic N) is 2. The summed E-state index contributed by atoms with van der Waals surface area (Å²) in [7, 11) is 0. The highest BCUT2D eigenvalue weighted by Crippen LogP contribution is 2.18. The molecule has 1 heterocycles. The second kappa shape index (κ2) is 7.02. The molecule has 0 fully saturated rings. The standard InChI is InChI=1S/C17H20N2O3/c1-12(2)19(11-17(21)22)16(20)8-7-13-9-10-18-15-6-4-3-5-14(13)15/h3-6,9-10,12H,7-8,11H2,1-2H3,(H,21,22). The number of aliphatic carboxylic acids is 1. The van der Waals surface area contributed by atoms with Gasteiger partial charge in [-0.2, -0.15) is 0 Å². The molecule has 22 heavy (non-hydrogen) atoms. The van der Waals surface area contributed by atoms with Gasteiger partial charge in [-0.25, -0.2) is 0 Å². The van der Waals surface area contributed by atoms with Crippen LogP contribution >= 0.6 is 0 Å². The van der Waals surface area contributed by atoms with Gasteiger partial charge in [-0.05, 0) is 38.0 Å². The summed E-state index contributed by atoms with van der Waals surface area (Å²) in [5.41, 5.74) is 1.96. The van der Waals surface area contributed by atoms with E-state index in [-0.39, 0.29) is 18.5 Å². The number of hydrogen-bond donors (Lipinski definition) is 1. The molecular formula is C17H20N2O3. The molecule has 2 aromatic rings. The molecule has 0 saturated carbocycles. The van der Waals surface area contributed by atoms with Gasteiger partial charge >= 0.3 is 5.97 Å². The molecule has 5 nitrogen and oxygen atoms in total. The molecule has 116 valence electrons. The molecular weight excluding hydrogens is 280 g/mol. The van der Waals surface area contributed by atoms with Gasteiger partial charge in [-0.1, -0.05) is 18.2 Å². The highest BCUT2D eigenvalue weighted by atomic mass is 16.4. The van der Waals surface area contributed by atoms with Crippen LogP contribution in [0.4, 0.5) is 0 Å². The monoisotopic (exact) mass is 300 g/mol. The third-order valence-electron chi connectivity index (χ3n) is 3.60. The van der Waals surface area contributed by atoms with Crippen molar-refractivity contribution in [1.29, 1.82) is 0 Å². The molecule has 2 rings (SSSR count). The Morgan fingerprint density at radius 1 is 1.23 bits per heavy atom. The molecule has 0 aliphatic carbocycles. The van der Waals surface area contributed by atoms with E-state index in [4.69, 9.17) is 5.11 Å². The minimum Gasteiger partial charge on any atom is -0.480 e. The van der Waals surface area contributed by atoms with Crippen LogP contribution in [0.2, 0.25) is 0 Å². The molecule has 0 atom stereocenters. The maximum absolute atomic E-state index is 12.3. The van der Waals surface area contributed by atoms with Crippen molar-refractivity contribution in [2.75, 3.05) is 6.54 Å². The van der Waals surface area contributed by atoms with Crippen molar-refractivity contribution < 1.29 is 14.7 Å². The Kier molecular flexibility index (Phi) is 5.09. The van der Waals surface area contributed by atoms with Gasteiger partial charge in [0.05, 0.1) is 5.52 Å². The Morgan fingerprint density at radius 3 is 2.64 bits per heavy atom. The second-order valence-corrected chi connectivity index (χ2v) is 5.50. The topological polar surface area (TPSA) is 70.5 Å². The van der Waals surface area contributed by atoms with Crippen molar-refractivity contribution in [1.82, 2.24) is 9.88 Å². The Bertz CT molecular complexity index is 677. The molecule has 0 radical (unpaired) electrons. The number of carbonyl (C=O) groups excluding carboxylic acids is 1. The van der Waals surface area contributed by atoms with Crippen LogP contribution in [0.3, 0.4) is 0 Å². The minimum atomic E-state index is -0.989. The number of carbonyl (C=O) groups is 2. The zero-order chi connectivity index (χ0) is 16.1. The lowest BCUT2D eigenvalue weighted by atomic mass is 10.0. The van der Waals surface area contributed by atoms with Crippen LogP contribution in [-0.4, -0.2) is 39.5 Å². The average molecular weight is 300 g/mol. The van der Waals surface area contributed by atoms with Crippen LogP contribution in [0.1, 0.15) is 25.8 Å². The van der Waals surface area contributed by atoms with E-state index >= 15 is 0 Å². The molecule has 1 amide bonds. The quantitative estimate of drug-likeness (QED) is 0.889. The fourth-order valence-corrected chi connectivity index (χ4v) is 2.46. The van der Waals surface area contributed by atoms with E-state index in [9.17, 15) is 9.59 Å². The number of rotatable bonds is 6. The van der Waals surface area contributed by atoms with Crippen molar-refractivity contribution in [2.45, 2.75) is 32.7 Å². The lowest BCUT2D eigenvalue weighted by molar-refractivity contribution is -0.145. The van der Waals surface area contributed by atoms with Gasteiger partial charge in [-0.3, -0.25) is 14.6 Å². The first-order valence-corrected chi connectivity index (χ1v) is 7.33. The summed E-state index contributed by atoms with van der Waals surface area (Å²) >= 11 is 0. The first-order valence-electron chi connectivity index (χ1n) is 7.33. The largest absolute Gasteiger partial charge is 0.480 e. The van der Waals surface area contributed by atoms with Crippen LogP contribution in [0.25, 0.3) is 10.9 Å². The number of aryl methyl sites for hydroxylation is 1. The molecule has 0 saturated heterocycles. The van der Waals surface area contributed by atoms with Crippen LogP contribution in [0, 0.1) is 0 Å². The SMILES string of the molecule is CC(C)N(CC(=O)O)C(=O)CCc1ccnc2ccccc12. The number of carboxylic acids is 1. The fraction of sp³-hybridized carbons (Fsp3) is 0.353. The molecule has 0 aliphatic rings. The number of hydrogen-bond acceptors (Lipinski definition) is 3. The fourth-order valence-electron chi connectivity index (χ4n) is 2.46. The summed E-state index contributed by atoms with van der Waals surface area (Å²) in [5.74, 6) is -1.13.